The van der Waals surface area contributed by atoms with Crippen LogP contribution in [0, 0.1) is 0 Å². The number of aromatic hydroxyl groups is 1. The van der Waals surface area contributed by atoms with Crippen molar-refractivity contribution in [3.05, 3.63) is 29.8 Å². The zero-order chi connectivity index (χ0) is 11.4. The molecule has 0 amide bonds. The van der Waals surface area contributed by atoms with Crippen molar-refractivity contribution in [3.63, 3.8) is 0 Å². The van der Waals surface area contributed by atoms with E-state index in [2.05, 4.69) is 11.6 Å². The predicted molar refractivity (Wildman–Crippen MR) is 69.9 cm³/mol. The molecule has 0 spiro atoms. The average molecular weight is 237 g/mol. The summed E-state index contributed by atoms with van der Waals surface area (Å²) in [5, 5.41) is 13.1. The van der Waals surface area contributed by atoms with Gasteiger partial charge in [0.2, 0.25) is 0 Å². The molecule has 0 aromatic heterocycles. The van der Waals surface area contributed by atoms with E-state index in [1.807, 2.05) is 30.0 Å². The summed E-state index contributed by atoms with van der Waals surface area (Å²) in [6, 6.07) is 7.53. The second kappa shape index (κ2) is 5.11. The summed E-state index contributed by atoms with van der Waals surface area (Å²) < 4.78 is 0.463. The number of para-hydroxylation sites is 1. The van der Waals surface area contributed by atoms with Crippen LogP contribution >= 0.6 is 11.8 Å². The highest BCUT2D eigenvalue weighted by Crippen LogP contribution is 2.42. The smallest absolute Gasteiger partial charge is 0.120 e. The monoisotopic (exact) mass is 237 g/mol. The van der Waals surface area contributed by atoms with E-state index in [9.17, 15) is 5.11 Å². The van der Waals surface area contributed by atoms with Gasteiger partial charge in [-0.15, -0.1) is 0 Å². The van der Waals surface area contributed by atoms with Crippen LogP contribution in [0.4, 0.5) is 0 Å². The summed E-state index contributed by atoms with van der Waals surface area (Å²) in [6.07, 6.45) is 6.20. The number of hydrogen-bond acceptors (Lipinski definition) is 3. The number of benzene rings is 1. The first-order valence-corrected chi connectivity index (χ1v) is 7.01. The van der Waals surface area contributed by atoms with Crippen LogP contribution in [-0.2, 0) is 6.54 Å². The zero-order valence-corrected chi connectivity index (χ0v) is 10.5. The molecule has 1 fully saturated rings. The van der Waals surface area contributed by atoms with Gasteiger partial charge in [-0.25, -0.2) is 0 Å². The maximum absolute atomic E-state index is 9.62. The molecule has 1 aliphatic rings. The molecule has 0 atom stereocenters. The molecule has 0 saturated heterocycles. The van der Waals surface area contributed by atoms with Crippen LogP contribution in [-0.4, -0.2) is 22.7 Å². The summed E-state index contributed by atoms with van der Waals surface area (Å²) >= 11 is 1.97. The number of hydrogen-bond donors (Lipinski definition) is 2. The fraction of sp³-hybridized carbons (Fsp3) is 0.538. The second-order valence-corrected chi connectivity index (χ2v) is 5.75. The average Bonchev–Trinajstić information content (AvgIpc) is 2.25. The van der Waals surface area contributed by atoms with Crippen molar-refractivity contribution in [2.24, 2.45) is 0 Å². The van der Waals surface area contributed by atoms with Crippen molar-refractivity contribution in [2.45, 2.75) is 30.6 Å². The standard InChI is InChI=1S/C13H19NOS/c1-16-13(7-4-8-13)10-14-9-11-5-2-3-6-12(11)15/h2-3,5-6,14-15H,4,7-10H2,1H3. The lowest BCUT2D eigenvalue weighted by molar-refractivity contribution is 0.344. The molecule has 1 aromatic rings. The summed E-state index contributed by atoms with van der Waals surface area (Å²) in [5.41, 5.74) is 0.984. The first-order valence-electron chi connectivity index (χ1n) is 5.78. The second-order valence-electron chi connectivity index (χ2n) is 4.47. The van der Waals surface area contributed by atoms with Crippen molar-refractivity contribution < 1.29 is 5.11 Å². The van der Waals surface area contributed by atoms with Gasteiger partial charge in [0.15, 0.2) is 0 Å². The predicted octanol–water partition coefficient (Wildman–Crippen LogP) is 2.77. The molecule has 0 unspecified atom stereocenters. The first kappa shape index (κ1) is 11.8. The zero-order valence-electron chi connectivity index (χ0n) is 9.70. The first-order chi connectivity index (χ1) is 7.76. The van der Waals surface area contributed by atoms with Gasteiger partial charge in [0.05, 0.1) is 0 Å². The van der Waals surface area contributed by atoms with Gasteiger partial charge in [-0.1, -0.05) is 24.6 Å². The fourth-order valence-corrected chi connectivity index (χ4v) is 3.05. The largest absolute Gasteiger partial charge is 0.508 e. The Hall–Kier alpha value is -0.670. The molecule has 1 saturated carbocycles. The molecule has 16 heavy (non-hydrogen) atoms. The third-order valence-corrected chi connectivity index (χ3v) is 4.87. The normalized spacial score (nSPS) is 18.1. The van der Waals surface area contributed by atoms with Crippen molar-refractivity contribution in [1.82, 2.24) is 5.32 Å². The highest BCUT2D eigenvalue weighted by molar-refractivity contribution is 8.00. The van der Waals surface area contributed by atoms with E-state index < -0.39 is 0 Å². The minimum absolute atomic E-state index is 0.391. The van der Waals surface area contributed by atoms with E-state index >= 15 is 0 Å². The van der Waals surface area contributed by atoms with Gasteiger partial charge in [-0.3, -0.25) is 0 Å². The Labute approximate surface area is 101 Å². The van der Waals surface area contributed by atoms with Crippen LogP contribution < -0.4 is 5.32 Å². The molecular weight excluding hydrogens is 218 g/mol. The molecule has 88 valence electrons. The van der Waals surface area contributed by atoms with Crippen LogP contribution in [0.1, 0.15) is 24.8 Å². The van der Waals surface area contributed by atoms with Gasteiger partial charge in [0, 0.05) is 23.4 Å². The van der Waals surface area contributed by atoms with Gasteiger partial charge in [0.25, 0.3) is 0 Å². The number of thioether (sulfide) groups is 1. The lowest BCUT2D eigenvalue weighted by Gasteiger charge is -2.40. The van der Waals surface area contributed by atoms with Crippen molar-refractivity contribution in [1.29, 1.82) is 0 Å². The van der Waals surface area contributed by atoms with Crippen molar-refractivity contribution in [2.75, 3.05) is 12.8 Å². The van der Waals surface area contributed by atoms with Gasteiger partial charge < -0.3 is 10.4 Å². The van der Waals surface area contributed by atoms with E-state index in [-0.39, 0.29) is 0 Å². The summed E-state index contributed by atoms with van der Waals surface area (Å²) in [7, 11) is 0. The Morgan fingerprint density at radius 2 is 2.12 bits per heavy atom. The summed E-state index contributed by atoms with van der Waals surface area (Å²) in [4.78, 5) is 0. The summed E-state index contributed by atoms with van der Waals surface area (Å²) in [6.45, 7) is 1.80. The number of phenolic OH excluding ortho intramolecular Hbond substituents is 1. The van der Waals surface area contributed by atoms with Crippen LogP contribution in [0.2, 0.25) is 0 Å². The minimum Gasteiger partial charge on any atom is -0.508 e. The van der Waals surface area contributed by atoms with E-state index in [1.54, 1.807) is 6.07 Å². The molecule has 1 aliphatic carbocycles. The highest BCUT2D eigenvalue weighted by atomic mass is 32.2. The Morgan fingerprint density at radius 1 is 1.38 bits per heavy atom. The SMILES string of the molecule is CSC1(CNCc2ccccc2O)CCC1. The quantitative estimate of drug-likeness (QED) is 0.826. The lowest BCUT2D eigenvalue weighted by Crippen LogP contribution is -2.43. The minimum atomic E-state index is 0.391. The molecule has 0 bridgehead atoms. The van der Waals surface area contributed by atoms with Gasteiger partial charge >= 0.3 is 0 Å². The molecule has 2 nitrogen and oxygen atoms in total. The number of rotatable bonds is 5. The number of nitrogens with one attached hydrogen (secondary N) is 1. The Kier molecular flexibility index (Phi) is 3.77. The van der Waals surface area contributed by atoms with Crippen LogP contribution in [0.25, 0.3) is 0 Å². The Balaban J connectivity index is 1.82. The van der Waals surface area contributed by atoms with Crippen LogP contribution in [0.5, 0.6) is 5.75 Å². The number of phenols is 1. The lowest BCUT2D eigenvalue weighted by atomic mass is 9.84. The molecule has 0 heterocycles. The Morgan fingerprint density at radius 3 is 2.69 bits per heavy atom. The summed E-state index contributed by atoms with van der Waals surface area (Å²) in [5.74, 6) is 0.391. The fourth-order valence-electron chi connectivity index (χ4n) is 2.11. The molecular formula is C13H19NOS. The molecule has 2 rings (SSSR count). The van der Waals surface area contributed by atoms with E-state index in [4.69, 9.17) is 0 Å². The van der Waals surface area contributed by atoms with Crippen LogP contribution in [0.3, 0.4) is 0 Å². The van der Waals surface area contributed by atoms with Gasteiger partial charge in [-0.05, 0) is 25.2 Å². The Bertz CT molecular complexity index is 344. The maximum Gasteiger partial charge on any atom is 0.120 e. The highest BCUT2D eigenvalue weighted by Gasteiger charge is 2.35. The van der Waals surface area contributed by atoms with E-state index in [0.717, 1.165) is 18.7 Å². The molecule has 0 aliphatic heterocycles. The molecule has 2 N–H and O–H groups in total. The third kappa shape index (κ3) is 2.53. The third-order valence-electron chi connectivity index (χ3n) is 3.45. The van der Waals surface area contributed by atoms with Crippen LogP contribution in [0.15, 0.2) is 24.3 Å². The van der Waals surface area contributed by atoms with Crippen molar-refractivity contribution in [3.8, 4) is 5.75 Å². The molecule has 0 radical (unpaired) electrons. The molecule has 1 aromatic carbocycles. The van der Waals surface area contributed by atoms with Gasteiger partial charge in [-0.2, -0.15) is 11.8 Å². The maximum atomic E-state index is 9.62. The van der Waals surface area contributed by atoms with E-state index in [1.165, 1.54) is 19.3 Å². The van der Waals surface area contributed by atoms with Gasteiger partial charge in [0.1, 0.15) is 5.75 Å². The van der Waals surface area contributed by atoms with Crippen molar-refractivity contribution >= 4 is 11.8 Å². The topological polar surface area (TPSA) is 32.3 Å². The van der Waals surface area contributed by atoms with E-state index in [0.29, 0.717) is 10.5 Å². The molecule has 3 heteroatoms.